The Morgan fingerprint density at radius 1 is 0.810 bits per heavy atom. The molecule has 2 heterocycles. The van der Waals surface area contributed by atoms with E-state index in [1.807, 2.05) is 27.7 Å². The summed E-state index contributed by atoms with van der Waals surface area (Å²) < 4.78 is 107. The van der Waals surface area contributed by atoms with Crippen LogP contribution in [-0.2, 0) is 50.3 Å². The van der Waals surface area contributed by atoms with Crippen LogP contribution >= 0.6 is 22.7 Å². The predicted octanol–water partition coefficient (Wildman–Crippen LogP) is 7.24. The van der Waals surface area contributed by atoms with Crippen LogP contribution in [0.4, 0.5) is 23.4 Å². The third-order valence-corrected chi connectivity index (χ3v) is 16.2. The molecule has 3 unspecified atom stereocenters. The Labute approximate surface area is 370 Å². The molecule has 5 aromatic rings. The molecule has 0 aliphatic heterocycles. The molecule has 0 bridgehead atoms. The summed E-state index contributed by atoms with van der Waals surface area (Å²) in [7, 11) is -8.28. The van der Waals surface area contributed by atoms with Crippen molar-refractivity contribution in [1.29, 1.82) is 0 Å². The summed E-state index contributed by atoms with van der Waals surface area (Å²) in [6.07, 6.45) is -3.53. The molecule has 0 radical (unpaired) electrons. The van der Waals surface area contributed by atoms with Gasteiger partial charge in [0.15, 0.2) is 0 Å². The first-order chi connectivity index (χ1) is 29.7. The fourth-order valence-electron chi connectivity index (χ4n) is 7.94. The number of nitrogens with one attached hydrogen (secondary N) is 2. The zero-order valence-electron chi connectivity index (χ0n) is 34.8. The quantitative estimate of drug-likeness (QED) is 0.0943. The smallest absolute Gasteiger partial charge is 0.416 e. The predicted molar refractivity (Wildman–Crippen MR) is 231 cm³/mol. The van der Waals surface area contributed by atoms with E-state index in [-0.39, 0.29) is 69.1 Å². The topological polar surface area (TPSA) is 217 Å². The Morgan fingerprint density at radius 3 is 1.89 bits per heavy atom. The number of hydrogen-bond acceptors (Lipinski definition) is 13. The summed E-state index contributed by atoms with van der Waals surface area (Å²) in [6, 6.07) is 9.93. The van der Waals surface area contributed by atoms with E-state index < -0.39 is 61.6 Å². The van der Waals surface area contributed by atoms with E-state index in [2.05, 4.69) is 29.8 Å². The van der Waals surface area contributed by atoms with E-state index in [1.54, 1.807) is 19.1 Å². The van der Waals surface area contributed by atoms with Gasteiger partial charge in [0.05, 0.1) is 39.5 Å². The molecule has 0 fully saturated rings. The SMILES string of the molecule is CCOc1cc(C(F)(F)F)ccc1C(=O)N(C1CCc2ccc(S(=O)(=O)Nc3nnc(C(C)C)s3)cc2CC1)C1Cc2cc(S(=O)(=O)Nc3nnc(C(C)C)s3)ccc2C1C(N)=O. The molecule has 3 aromatic carbocycles. The number of carbonyl (C=O) groups excluding carboxylic acids is 2. The maximum Gasteiger partial charge on any atom is 0.416 e. The average molecular weight is 947 g/mol. The Bertz CT molecular complexity index is 2780. The van der Waals surface area contributed by atoms with Crippen LogP contribution in [0, 0.1) is 0 Å². The monoisotopic (exact) mass is 946 g/mol. The van der Waals surface area contributed by atoms with Gasteiger partial charge in [-0.2, -0.15) is 13.2 Å². The van der Waals surface area contributed by atoms with Crippen LogP contribution < -0.4 is 19.9 Å². The van der Waals surface area contributed by atoms with Gasteiger partial charge in [-0.05, 0) is 104 Å². The first kappa shape index (κ1) is 45.8. The first-order valence-electron chi connectivity index (χ1n) is 20.1. The van der Waals surface area contributed by atoms with Gasteiger partial charge in [0.1, 0.15) is 15.8 Å². The van der Waals surface area contributed by atoms with Gasteiger partial charge in [0.25, 0.3) is 26.0 Å². The molecule has 2 aliphatic rings. The van der Waals surface area contributed by atoms with Crippen LogP contribution in [0.5, 0.6) is 5.75 Å². The number of anilines is 2. The van der Waals surface area contributed by atoms with Crippen LogP contribution in [0.2, 0.25) is 0 Å². The van der Waals surface area contributed by atoms with Gasteiger partial charge < -0.3 is 15.4 Å². The van der Waals surface area contributed by atoms with Gasteiger partial charge in [0.2, 0.25) is 16.2 Å². The molecule has 0 saturated carbocycles. The van der Waals surface area contributed by atoms with Crippen molar-refractivity contribution in [2.75, 3.05) is 16.1 Å². The van der Waals surface area contributed by atoms with Crippen molar-refractivity contribution in [2.45, 2.75) is 113 Å². The largest absolute Gasteiger partial charge is 0.493 e. The van der Waals surface area contributed by atoms with E-state index in [9.17, 15) is 34.8 Å². The Balaban J connectivity index is 1.24. The normalized spacial score (nSPS) is 17.8. The number of hydrogen-bond donors (Lipinski definition) is 3. The number of primary amides is 1. The number of nitrogens with two attached hydrogens (primary N) is 1. The number of ether oxygens (including phenoxy) is 1. The number of amides is 2. The summed E-state index contributed by atoms with van der Waals surface area (Å²) in [4.78, 5) is 29.9. The van der Waals surface area contributed by atoms with Gasteiger partial charge in [-0.3, -0.25) is 19.0 Å². The lowest BCUT2D eigenvalue weighted by atomic mass is 9.92. The molecule has 4 N–H and O–H groups in total. The van der Waals surface area contributed by atoms with E-state index in [1.165, 1.54) is 29.2 Å². The van der Waals surface area contributed by atoms with Crippen molar-refractivity contribution in [3.63, 3.8) is 0 Å². The lowest BCUT2D eigenvalue weighted by molar-refractivity contribution is -0.137. The molecule has 336 valence electrons. The molecule has 2 aromatic heterocycles. The van der Waals surface area contributed by atoms with Gasteiger partial charge in [-0.15, -0.1) is 20.4 Å². The highest BCUT2D eigenvalue weighted by molar-refractivity contribution is 7.93. The lowest BCUT2D eigenvalue weighted by Crippen LogP contribution is -2.51. The zero-order chi connectivity index (χ0) is 45.6. The number of aryl methyl sites for hydroxylation is 2. The number of alkyl halides is 3. The highest BCUT2D eigenvalue weighted by atomic mass is 32.2. The summed E-state index contributed by atoms with van der Waals surface area (Å²) in [6.45, 7) is 9.14. The van der Waals surface area contributed by atoms with Gasteiger partial charge >= 0.3 is 6.18 Å². The maximum absolute atomic E-state index is 15.1. The molecule has 15 nitrogen and oxygen atoms in total. The van der Waals surface area contributed by atoms with Crippen molar-refractivity contribution in [2.24, 2.45) is 5.73 Å². The van der Waals surface area contributed by atoms with Crippen molar-refractivity contribution in [1.82, 2.24) is 25.3 Å². The molecule has 2 aliphatic carbocycles. The van der Waals surface area contributed by atoms with Crippen LogP contribution in [0.3, 0.4) is 0 Å². The van der Waals surface area contributed by atoms with E-state index in [4.69, 9.17) is 10.5 Å². The van der Waals surface area contributed by atoms with Gasteiger partial charge in [-0.25, -0.2) is 16.8 Å². The Morgan fingerprint density at radius 2 is 1.37 bits per heavy atom. The minimum absolute atomic E-state index is 0.00759. The minimum Gasteiger partial charge on any atom is -0.493 e. The van der Waals surface area contributed by atoms with Gasteiger partial charge in [-0.1, -0.05) is 62.5 Å². The standard InChI is InChI=1S/C41H45F3N8O7S4/c1-6-59-33-20-26(41(42,43)44)10-15-31(33)38(54)52(27-11-7-23-9-13-28(17-24(23)8-12-27)62(55,56)50-39-48-46-36(60-39)21(2)3)32-19-25-18-29(14-16-30(25)34(32)35(45)53)63(57,58)51-40-49-47-37(61-40)22(4)5/h9-10,13-18,20-22,27,32,34H,6-8,11-12,19H2,1-5H3,(H2,45,53)(H,48,50)(H,49,51). The second-order valence-electron chi connectivity index (χ2n) is 15.9. The summed E-state index contributed by atoms with van der Waals surface area (Å²) in [5, 5.41) is 17.5. The number of rotatable bonds is 14. The first-order valence-corrected chi connectivity index (χ1v) is 24.7. The summed E-state index contributed by atoms with van der Waals surface area (Å²) in [5.74, 6) is -2.89. The maximum atomic E-state index is 15.1. The fourth-order valence-corrected chi connectivity index (χ4v) is 12.0. The molecule has 0 spiro atoms. The average Bonchev–Trinajstić information content (AvgIpc) is 3.94. The van der Waals surface area contributed by atoms with Crippen LogP contribution in [0.1, 0.15) is 113 Å². The third-order valence-electron chi connectivity index (χ3n) is 11.0. The molecule has 7 rings (SSSR count). The molecule has 0 saturated heterocycles. The summed E-state index contributed by atoms with van der Waals surface area (Å²) >= 11 is 2.23. The number of nitrogens with zero attached hydrogens (tertiary/aromatic N) is 5. The molecule has 2 amide bonds. The Kier molecular flexibility index (Phi) is 12.9. The zero-order valence-corrected chi connectivity index (χ0v) is 38.0. The van der Waals surface area contributed by atoms with Crippen molar-refractivity contribution >= 4 is 64.8 Å². The van der Waals surface area contributed by atoms with Crippen LogP contribution in [0.25, 0.3) is 0 Å². The molecule has 3 atom stereocenters. The molecular weight excluding hydrogens is 902 g/mol. The third kappa shape index (κ3) is 9.68. The number of aromatic nitrogens is 4. The van der Waals surface area contributed by atoms with Crippen LogP contribution in [-0.4, -0.2) is 72.6 Å². The number of sulfonamides is 2. The molecule has 63 heavy (non-hydrogen) atoms. The lowest BCUT2D eigenvalue weighted by Gasteiger charge is -2.39. The van der Waals surface area contributed by atoms with Crippen molar-refractivity contribution in [3.05, 3.63) is 98.0 Å². The highest BCUT2D eigenvalue weighted by Crippen LogP contribution is 2.42. The van der Waals surface area contributed by atoms with E-state index in [0.29, 0.717) is 39.5 Å². The number of benzene rings is 3. The molecular formula is C41H45F3N8O7S4. The van der Waals surface area contributed by atoms with E-state index >= 15 is 4.79 Å². The highest BCUT2D eigenvalue weighted by Gasteiger charge is 2.46. The second-order valence-corrected chi connectivity index (χ2v) is 21.3. The van der Waals surface area contributed by atoms with Crippen LogP contribution in [0.15, 0.2) is 64.4 Å². The van der Waals surface area contributed by atoms with E-state index in [0.717, 1.165) is 46.4 Å². The summed E-state index contributed by atoms with van der Waals surface area (Å²) in [5.41, 5.74) is 7.25. The number of carbonyl (C=O) groups is 2. The second kappa shape index (κ2) is 17.8. The minimum atomic E-state index is -4.74. The Hall–Kier alpha value is -5.19. The number of halogens is 3. The van der Waals surface area contributed by atoms with Crippen molar-refractivity contribution in [3.8, 4) is 5.75 Å². The number of fused-ring (bicyclic) bond motifs is 2. The fraction of sp³-hybridized carbons (Fsp3) is 0.415. The van der Waals surface area contributed by atoms with Crippen molar-refractivity contribution < 1.29 is 44.3 Å². The molecule has 22 heteroatoms. The van der Waals surface area contributed by atoms with Gasteiger partial charge in [0, 0.05) is 17.9 Å².